The first-order chi connectivity index (χ1) is 11.8. The minimum Gasteiger partial charge on any atom is -0.392 e. The third-order valence-electron chi connectivity index (χ3n) is 5.05. The summed E-state index contributed by atoms with van der Waals surface area (Å²) in [4.78, 5) is 0. The molecule has 1 aliphatic heterocycles. The average Bonchev–Trinajstić information content (AvgIpc) is 3.05. The van der Waals surface area contributed by atoms with E-state index in [4.69, 9.17) is 0 Å². The van der Waals surface area contributed by atoms with Gasteiger partial charge in [0.05, 0.1) is 6.61 Å². The molecule has 1 N–H and O–H groups in total. The monoisotopic (exact) mass is 354 g/mol. The molecule has 0 aliphatic carbocycles. The van der Waals surface area contributed by atoms with E-state index in [0.717, 1.165) is 11.5 Å². The molecule has 1 fully saturated rings. The first-order valence-corrected chi connectivity index (χ1v) is 10.6. The molecule has 0 saturated carbocycles. The van der Waals surface area contributed by atoms with E-state index in [9.17, 15) is 5.11 Å². The van der Waals surface area contributed by atoms with Crippen molar-refractivity contribution in [2.24, 2.45) is 0 Å². The smallest absolute Gasteiger partial charge is 0.0682 e. The van der Waals surface area contributed by atoms with E-state index >= 15 is 0 Å². The summed E-state index contributed by atoms with van der Waals surface area (Å²) in [5.74, 6) is 3.33. The summed E-state index contributed by atoms with van der Waals surface area (Å²) in [7, 11) is 0. The maximum absolute atomic E-state index is 9.43. The van der Waals surface area contributed by atoms with Gasteiger partial charge >= 0.3 is 0 Å². The number of thiophene rings is 1. The van der Waals surface area contributed by atoms with E-state index in [1.165, 1.54) is 56.7 Å². The molecule has 0 atom stereocenters. The van der Waals surface area contributed by atoms with E-state index < -0.39 is 0 Å². The number of rotatable bonds is 3. The van der Waals surface area contributed by atoms with Gasteiger partial charge in [0.2, 0.25) is 0 Å². The quantitative estimate of drug-likeness (QED) is 0.624. The van der Waals surface area contributed by atoms with Gasteiger partial charge in [0.1, 0.15) is 0 Å². The highest BCUT2D eigenvalue weighted by atomic mass is 32.2. The molecule has 2 heterocycles. The molecule has 1 aliphatic rings. The summed E-state index contributed by atoms with van der Waals surface area (Å²) in [5.41, 5.74) is 6.47. The minimum atomic E-state index is 0.100. The highest BCUT2D eigenvalue weighted by Crippen LogP contribution is 2.38. The van der Waals surface area contributed by atoms with Crippen LogP contribution in [0.25, 0.3) is 21.2 Å². The number of aliphatic hydroxyl groups is 1. The zero-order valence-electron chi connectivity index (χ0n) is 13.9. The Morgan fingerprint density at radius 2 is 1.88 bits per heavy atom. The molecule has 0 spiro atoms. The van der Waals surface area contributed by atoms with Crippen LogP contribution in [0.2, 0.25) is 0 Å². The van der Waals surface area contributed by atoms with Gasteiger partial charge in [-0.05, 0) is 77.0 Å². The van der Waals surface area contributed by atoms with Crippen LogP contribution in [0.3, 0.4) is 0 Å². The highest BCUT2D eigenvalue weighted by molar-refractivity contribution is 7.99. The van der Waals surface area contributed by atoms with E-state index in [1.807, 2.05) is 6.07 Å². The van der Waals surface area contributed by atoms with Crippen LogP contribution in [0.5, 0.6) is 0 Å². The molecule has 0 bridgehead atoms. The maximum atomic E-state index is 9.43. The van der Waals surface area contributed by atoms with Crippen LogP contribution in [-0.4, -0.2) is 16.6 Å². The van der Waals surface area contributed by atoms with Crippen molar-refractivity contribution < 1.29 is 5.11 Å². The van der Waals surface area contributed by atoms with Gasteiger partial charge in [-0.25, -0.2) is 0 Å². The number of thioether (sulfide) groups is 1. The van der Waals surface area contributed by atoms with Crippen molar-refractivity contribution in [3.8, 4) is 11.1 Å². The summed E-state index contributed by atoms with van der Waals surface area (Å²) in [5, 5.41) is 12.9. The first kappa shape index (κ1) is 16.2. The van der Waals surface area contributed by atoms with E-state index in [2.05, 4.69) is 54.4 Å². The van der Waals surface area contributed by atoms with Gasteiger partial charge < -0.3 is 5.11 Å². The summed E-state index contributed by atoms with van der Waals surface area (Å²) in [6.45, 7) is 2.33. The minimum absolute atomic E-state index is 0.100. The summed E-state index contributed by atoms with van der Waals surface area (Å²) < 4.78 is 1.29. The van der Waals surface area contributed by atoms with Crippen LogP contribution in [0.4, 0.5) is 0 Å². The Hall–Kier alpha value is -1.29. The molecule has 3 aromatic rings. The van der Waals surface area contributed by atoms with Crippen molar-refractivity contribution in [3.63, 3.8) is 0 Å². The van der Waals surface area contributed by atoms with Gasteiger partial charge in [0.25, 0.3) is 0 Å². The van der Waals surface area contributed by atoms with Crippen LogP contribution in [0.15, 0.2) is 41.8 Å². The number of benzene rings is 2. The third kappa shape index (κ3) is 3.01. The zero-order valence-corrected chi connectivity index (χ0v) is 15.6. The van der Waals surface area contributed by atoms with Crippen molar-refractivity contribution in [2.75, 3.05) is 11.5 Å². The molecular formula is C21H22OS2. The number of aryl methyl sites for hydroxylation is 1. The fraction of sp³-hybridized carbons (Fsp3) is 0.333. The molecule has 1 nitrogen and oxygen atoms in total. The number of fused-ring (bicyclic) bond motifs is 1. The van der Waals surface area contributed by atoms with Crippen LogP contribution in [-0.2, 0) is 6.61 Å². The Morgan fingerprint density at radius 1 is 1.04 bits per heavy atom. The van der Waals surface area contributed by atoms with Gasteiger partial charge in [-0.3, -0.25) is 0 Å². The van der Waals surface area contributed by atoms with Crippen LogP contribution >= 0.6 is 23.1 Å². The normalized spacial score (nSPS) is 15.9. The van der Waals surface area contributed by atoms with Crippen molar-refractivity contribution in [3.05, 3.63) is 58.5 Å². The molecule has 3 heteroatoms. The summed E-state index contributed by atoms with van der Waals surface area (Å²) >= 11 is 3.87. The molecule has 124 valence electrons. The number of hydrogen-bond acceptors (Lipinski definition) is 3. The fourth-order valence-corrected chi connectivity index (χ4v) is 5.70. The second-order valence-electron chi connectivity index (χ2n) is 6.60. The Morgan fingerprint density at radius 3 is 2.62 bits per heavy atom. The number of hydrogen-bond donors (Lipinski definition) is 1. The second-order valence-corrected chi connectivity index (χ2v) is 8.73. The topological polar surface area (TPSA) is 20.2 Å². The highest BCUT2D eigenvalue weighted by Gasteiger charge is 2.17. The zero-order chi connectivity index (χ0) is 16.5. The molecule has 2 aromatic carbocycles. The molecular weight excluding hydrogens is 332 g/mol. The average molecular weight is 355 g/mol. The Kier molecular flexibility index (Phi) is 4.66. The summed E-state index contributed by atoms with van der Waals surface area (Å²) in [6, 6.07) is 13.3. The molecule has 4 rings (SSSR count). The summed E-state index contributed by atoms with van der Waals surface area (Å²) in [6.07, 6.45) is 2.62. The van der Waals surface area contributed by atoms with Crippen LogP contribution in [0, 0.1) is 6.92 Å². The lowest BCUT2D eigenvalue weighted by molar-refractivity contribution is 0.282. The van der Waals surface area contributed by atoms with Gasteiger partial charge in [-0.1, -0.05) is 24.3 Å². The lowest BCUT2D eigenvalue weighted by Crippen LogP contribution is -2.08. The predicted molar refractivity (Wildman–Crippen MR) is 107 cm³/mol. The van der Waals surface area contributed by atoms with Crippen molar-refractivity contribution >= 4 is 33.2 Å². The lowest BCUT2D eigenvalue weighted by atomic mass is 9.89. The van der Waals surface area contributed by atoms with Gasteiger partial charge in [0, 0.05) is 15.6 Å². The molecule has 0 amide bonds. The largest absolute Gasteiger partial charge is 0.392 e. The fourth-order valence-electron chi connectivity index (χ4n) is 3.66. The van der Waals surface area contributed by atoms with Crippen molar-refractivity contribution in [1.82, 2.24) is 0 Å². The standard InChI is InChI=1S/C21H22OS2/c1-14-10-17(16-6-8-23-9-7-16)3-4-18(14)20-13-24-21-5-2-15(12-22)11-19(20)21/h2-5,10-11,13,16,22H,6-9,12H2,1H3. The lowest BCUT2D eigenvalue weighted by Gasteiger charge is -2.22. The SMILES string of the molecule is Cc1cc(C2CCSCC2)ccc1-c1csc2ccc(CO)cc12. The second kappa shape index (κ2) is 6.91. The third-order valence-corrected chi connectivity index (χ3v) is 7.07. The van der Waals surface area contributed by atoms with Crippen LogP contribution < -0.4 is 0 Å². The molecule has 0 unspecified atom stereocenters. The molecule has 1 saturated heterocycles. The Labute approximate surface area is 151 Å². The van der Waals surface area contributed by atoms with Crippen molar-refractivity contribution in [1.29, 1.82) is 0 Å². The van der Waals surface area contributed by atoms with E-state index in [-0.39, 0.29) is 6.61 Å². The van der Waals surface area contributed by atoms with Gasteiger partial charge in [0.15, 0.2) is 0 Å². The first-order valence-electron chi connectivity index (χ1n) is 8.56. The van der Waals surface area contributed by atoms with E-state index in [1.54, 1.807) is 11.3 Å². The van der Waals surface area contributed by atoms with Crippen LogP contribution in [0.1, 0.15) is 35.4 Å². The maximum Gasteiger partial charge on any atom is 0.0682 e. The van der Waals surface area contributed by atoms with Gasteiger partial charge in [-0.2, -0.15) is 11.8 Å². The Balaban J connectivity index is 1.74. The molecule has 0 radical (unpaired) electrons. The molecule has 1 aromatic heterocycles. The van der Waals surface area contributed by atoms with Crippen molar-refractivity contribution in [2.45, 2.75) is 32.3 Å². The number of aliphatic hydroxyl groups excluding tert-OH is 1. The Bertz CT molecular complexity index is 859. The predicted octanol–water partition coefficient (Wildman–Crippen LogP) is 5.98. The van der Waals surface area contributed by atoms with E-state index in [0.29, 0.717) is 0 Å². The van der Waals surface area contributed by atoms with Gasteiger partial charge in [-0.15, -0.1) is 11.3 Å². The molecule has 24 heavy (non-hydrogen) atoms.